The summed E-state index contributed by atoms with van der Waals surface area (Å²) in [7, 11) is 0. The van der Waals surface area contributed by atoms with Crippen LogP contribution in [0.2, 0.25) is 0 Å². The number of rotatable bonds is 18. The molecule has 0 saturated carbocycles. The molecular formula is C42H71N3O30. The zero-order valence-electron chi connectivity index (χ0n) is 40.7. The minimum absolute atomic E-state index is 0.715. The fraction of sp³-hybridized carbons (Fsp3) is 0.929. The molecule has 30 atom stereocenters. The van der Waals surface area contributed by atoms with Crippen molar-refractivity contribution in [2.45, 2.75) is 212 Å². The summed E-state index contributed by atoms with van der Waals surface area (Å²) in [6.45, 7) is 0.105. The molecule has 6 aliphatic rings. The van der Waals surface area contributed by atoms with E-state index in [1.54, 1.807) is 0 Å². The van der Waals surface area contributed by atoms with Crippen LogP contribution in [0, 0.1) is 0 Å². The molecule has 0 radical (unpaired) electrons. The van der Waals surface area contributed by atoms with Crippen LogP contribution < -0.4 is 16.0 Å². The largest absolute Gasteiger partial charge is 0.394 e. The smallest absolute Gasteiger partial charge is 0.217 e. The Bertz CT molecular complexity index is 1850. The Hall–Kier alpha value is -2.67. The Kier molecular flexibility index (Phi) is 21.8. The summed E-state index contributed by atoms with van der Waals surface area (Å²) in [4.78, 5) is 36.8. The highest BCUT2D eigenvalue weighted by Crippen LogP contribution is 2.35. The number of carbonyl (C=O) groups is 3. The normalized spacial score (nSPS) is 48.6. The number of ether oxygens (including phenoxy) is 11. The first-order valence-corrected chi connectivity index (χ1v) is 23.9. The van der Waals surface area contributed by atoms with E-state index in [1.807, 2.05) is 0 Å². The van der Waals surface area contributed by atoms with Gasteiger partial charge in [0.2, 0.25) is 17.7 Å². The van der Waals surface area contributed by atoms with Crippen molar-refractivity contribution in [3.8, 4) is 0 Å². The van der Waals surface area contributed by atoms with Gasteiger partial charge in [-0.15, -0.1) is 0 Å². The molecular weight excluding hydrogens is 1030 g/mol. The lowest BCUT2D eigenvalue weighted by atomic mass is 9.94. The number of aliphatic hydroxyl groups is 16. The van der Waals surface area contributed by atoms with E-state index in [4.69, 9.17) is 52.1 Å². The van der Waals surface area contributed by atoms with Crippen LogP contribution in [0.5, 0.6) is 0 Å². The molecule has 434 valence electrons. The number of hydrogen-bond donors (Lipinski definition) is 19. The van der Waals surface area contributed by atoms with Crippen LogP contribution in [0.1, 0.15) is 27.7 Å². The number of aliphatic hydroxyl groups excluding tert-OH is 16. The zero-order chi connectivity index (χ0) is 55.5. The van der Waals surface area contributed by atoms with Gasteiger partial charge in [-0.3, -0.25) is 14.4 Å². The third kappa shape index (κ3) is 13.9. The van der Waals surface area contributed by atoms with E-state index in [0.717, 1.165) is 20.8 Å². The van der Waals surface area contributed by atoms with E-state index in [0.29, 0.717) is 0 Å². The molecule has 6 saturated heterocycles. The fourth-order valence-electron chi connectivity index (χ4n) is 9.45. The molecule has 19 N–H and O–H groups in total. The summed E-state index contributed by atoms with van der Waals surface area (Å²) in [6, 6.07) is -4.92. The maximum atomic E-state index is 12.6. The van der Waals surface area contributed by atoms with Gasteiger partial charge in [0, 0.05) is 20.8 Å². The highest BCUT2D eigenvalue weighted by Gasteiger charge is 2.56. The molecule has 6 fully saturated rings. The molecule has 6 rings (SSSR count). The Morgan fingerprint density at radius 3 is 1.35 bits per heavy atom. The van der Waals surface area contributed by atoms with Gasteiger partial charge >= 0.3 is 0 Å². The second-order valence-corrected chi connectivity index (χ2v) is 19.0. The van der Waals surface area contributed by atoms with Crippen molar-refractivity contribution in [2.75, 3.05) is 33.0 Å². The summed E-state index contributed by atoms with van der Waals surface area (Å²) in [5.74, 6) is -2.31. The van der Waals surface area contributed by atoms with E-state index >= 15 is 0 Å². The van der Waals surface area contributed by atoms with Gasteiger partial charge in [-0.1, -0.05) is 0 Å². The van der Waals surface area contributed by atoms with Gasteiger partial charge in [0.15, 0.2) is 37.7 Å². The first-order valence-electron chi connectivity index (χ1n) is 23.9. The highest BCUT2D eigenvalue weighted by atomic mass is 16.8. The van der Waals surface area contributed by atoms with Crippen LogP contribution in [0.3, 0.4) is 0 Å². The minimum Gasteiger partial charge on any atom is -0.394 e. The third-order valence-electron chi connectivity index (χ3n) is 13.6. The lowest BCUT2D eigenvalue weighted by Gasteiger charge is -2.49. The van der Waals surface area contributed by atoms with Crippen molar-refractivity contribution in [1.82, 2.24) is 16.0 Å². The van der Waals surface area contributed by atoms with Gasteiger partial charge in [0.25, 0.3) is 0 Å². The SMILES string of the molecule is CC(=O)N[C@@H]1[C@@H](O)[C@H](O[C@@H]2O[C@H](CO)[C@@H](O[C@@H]3O[C@H](CO[C@@H]4O[C@H](CO)[C@@H](O)[C@H](O)[C@@H]4O[C@@H]4O[C@H](CO)[C@@H](O)[C@H](O)[C@H]4NC(C)=O)[C@@H](O)[C@H](O)[C@@H]3O)[C@H](O)[C@H]2NC(C)=O)[C@@H](CO[C@@H]2O[C@@H](C)[C@@H](O)[C@@H](O)[C@@H]2O)O[C@H]1O. The monoisotopic (exact) mass is 1100 g/mol. The molecule has 3 amide bonds. The van der Waals surface area contributed by atoms with Crippen molar-refractivity contribution in [2.24, 2.45) is 0 Å². The first-order chi connectivity index (χ1) is 35.3. The van der Waals surface area contributed by atoms with Crippen molar-refractivity contribution in [3.63, 3.8) is 0 Å². The van der Waals surface area contributed by atoms with E-state index in [9.17, 15) is 96.1 Å². The number of hydrogen-bond acceptors (Lipinski definition) is 30. The lowest BCUT2D eigenvalue weighted by molar-refractivity contribution is -0.374. The Morgan fingerprint density at radius 1 is 0.373 bits per heavy atom. The third-order valence-corrected chi connectivity index (χ3v) is 13.6. The summed E-state index contributed by atoms with van der Waals surface area (Å²) in [5.41, 5.74) is 0. The second kappa shape index (κ2) is 26.5. The van der Waals surface area contributed by atoms with Gasteiger partial charge in [0.1, 0.15) is 140 Å². The van der Waals surface area contributed by atoms with Crippen LogP contribution in [-0.4, -0.2) is 317 Å². The quantitative estimate of drug-likeness (QED) is 0.0606. The van der Waals surface area contributed by atoms with Crippen molar-refractivity contribution < 1.29 is 148 Å². The predicted octanol–water partition coefficient (Wildman–Crippen LogP) is -12.6. The molecule has 75 heavy (non-hydrogen) atoms. The van der Waals surface area contributed by atoms with E-state index in [-0.39, 0.29) is 0 Å². The average Bonchev–Trinajstić information content (AvgIpc) is 3.36. The lowest BCUT2D eigenvalue weighted by Crippen LogP contribution is -2.70. The van der Waals surface area contributed by atoms with Crippen LogP contribution in [0.4, 0.5) is 0 Å². The Labute approximate surface area is 426 Å². The number of carbonyl (C=O) groups excluding carboxylic acids is 3. The summed E-state index contributed by atoms with van der Waals surface area (Å²) in [5, 5.41) is 179. The van der Waals surface area contributed by atoms with Crippen molar-refractivity contribution in [3.05, 3.63) is 0 Å². The molecule has 33 heteroatoms. The molecule has 0 bridgehead atoms. The molecule has 0 aromatic carbocycles. The van der Waals surface area contributed by atoms with E-state index in [2.05, 4.69) is 16.0 Å². The van der Waals surface area contributed by atoms with E-state index < -0.39 is 235 Å². The van der Waals surface area contributed by atoms with Gasteiger partial charge < -0.3 is 150 Å². The maximum absolute atomic E-state index is 12.6. The first kappa shape index (κ1) is 61.5. The van der Waals surface area contributed by atoms with Gasteiger partial charge in [0.05, 0.1) is 39.1 Å². The topological polar surface area (TPSA) is 513 Å². The molecule has 0 aromatic heterocycles. The summed E-state index contributed by atoms with van der Waals surface area (Å²) < 4.78 is 63.4. The van der Waals surface area contributed by atoms with Crippen molar-refractivity contribution >= 4 is 17.7 Å². The van der Waals surface area contributed by atoms with Crippen molar-refractivity contribution in [1.29, 1.82) is 0 Å². The minimum atomic E-state index is -2.16. The number of amides is 3. The standard InChI is InChI=1S/C42H71N3O30/c1-10-22(52)29(59)32(62)40(67-10)65-9-18-35(27(57)19(37(64)68-18)43-11(2)49)73-39-21(45-13(4)51)28(58)34(16(7-48)71-39)74-41-33(63)30(60)25(55)17(72-41)8-66-42-36(31(61)24(54)15(6-47)70-42)75-38-20(44-12(3)50)26(56)23(53)14(5-46)69-38/h10,14-42,46-48,52-64H,5-9H2,1-4H3,(H,43,49)(H,44,50)(H,45,51)/t10-,14+,15+,16+,17+,18+,19+,20+,21+,22+,23+,24+,25+,26+,27+,28+,29+,30-,31-,32-,33-,34+,35+,36-,37+,38-,39-,40+,41-,42+/m0/s1. The molecule has 6 heterocycles. The average molecular weight is 1100 g/mol. The Morgan fingerprint density at radius 2 is 0.773 bits per heavy atom. The predicted molar refractivity (Wildman–Crippen MR) is 233 cm³/mol. The fourth-order valence-corrected chi connectivity index (χ4v) is 9.45. The highest BCUT2D eigenvalue weighted by molar-refractivity contribution is 5.74. The van der Waals surface area contributed by atoms with Crippen LogP contribution in [0.15, 0.2) is 0 Å². The molecule has 0 aromatic rings. The Balaban J connectivity index is 1.20. The second-order valence-electron chi connectivity index (χ2n) is 19.0. The van der Waals surface area contributed by atoms with Gasteiger partial charge in [-0.25, -0.2) is 0 Å². The van der Waals surface area contributed by atoms with Gasteiger partial charge in [-0.2, -0.15) is 0 Å². The molecule has 0 unspecified atom stereocenters. The molecule has 0 aliphatic carbocycles. The molecule has 6 aliphatic heterocycles. The molecule has 33 nitrogen and oxygen atoms in total. The van der Waals surface area contributed by atoms with Crippen LogP contribution in [-0.2, 0) is 66.5 Å². The van der Waals surface area contributed by atoms with Crippen LogP contribution >= 0.6 is 0 Å². The van der Waals surface area contributed by atoms with E-state index in [1.165, 1.54) is 6.92 Å². The van der Waals surface area contributed by atoms with Gasteiger partial charge in [-0.05, 0) is 6.92 Å². The summed E-state index contributed by atoms with van der Waals surface area (Å²) in [6.07, 6.45) is -48.7. The van der Waals surface area contributed by atoms with Crippen LogP contribution in [0.25, 0.3) is 0 Å². The number of nitrogens with one attached hydrogen (secondary N) is 3. The molecule has 0 spiro atoms. The summed E-state index contributed by atoms with van der Waals surface area (Å²) >= 11 is 0. The zero-order valence-corrected chi connectivity index (χ0v) is 40.7. The maximum Gasteiger partial charge on any atom is 0.217 e.